The van der Waals surface area contributed by atoms with Gasteiger partial charge in [-0.2, -0.15) is 0 Å². The summed E-state index contributed by atoms with van der Waals surface area (Å²) in [5.74, 6) is 0. The van der Waals surface area contributed by atoms with Crippen LogP contribution in [0.3, 0.4) is 0 Å². The summed E-state index contributed by atoms with van der Waals surface area (Å²) in [7, 11) is 0. The molecule has 1 saturated heterocycles. The fourth-order valence-corrected chi connectivity index (χ4v) is 3.31. The first kappa shape index (κ1) is 16.0. The molecule has 2 aromatic rings. The lowest BCUT2D eigenvalue weighted by Gasteiger charge is -2.29. The van der Waals surface area contributed by atoms with E-state index in [0.717, 1.165) is 24.5 Å². The van der Waals surface area contributed by atoms with E-state index in [1.54, 1.807) is 0 Å². The molecule has 1 aliphatic heterocycles. The second-order valence-corrected chi connectivity index (χ2v) is 7.27. The van der Waals surface area contributed by atoms with Crippen molar-refractivity contribution in [2.75, 3.05) is 18.0 Å². The van der Waals surface area contributed by atoms with Crippen molar-refractivity contribution in [2.24, 2.45) is 0 Å². The Labute approximate surface area is 137 Å². The van der Waals surface area contributed by atoms with Crippen molar-refractivity contribution in [1.82, 2.24) is 15.0 Å². The Morgan fingerprint density at radius 1 is 1.00 bits per heavy atom. The summed E-state index contributed by atoms with van der Waals surface area (Å²) in [6.07, 6.45) is 3.89. The van der Waals surface area contributed by atoms with Gasteiger partial charge in [0.25, 0.3) is 0 Å². The van der Waals surface area contributed by atoms with Crippen molar-refractivity contribution in [3.63, 3.8) is 0 Å². The lowest BCUT2D eigenvalue weighted by atomic mass is 9.90. The highest BCUT2D eigenvalue weighted by Gasteiger charge is 2.25. The van der Waals surface area contributed by atoms with Crippen molar-refractivity contribution in [3.05, 3.63) is 35.7 Å². The van der Waals surface area contributed by atoms with Gasteiger partial charge in [0.1, 0.15) is 5.69 Å². The molecule has 1 N–H and O–H groups in total. The van der Waals surface area contributed by atoms with Crippen molar-refractivity contribution in [3.8, 4) is 5.69 Å². The Hall–Kier alpha value is -1.88. The van der Waals surface area contributed by atoms with Crippen LogP contribution < -0.4 is 4.90 Å². The van der Waals surface area contributed by atoms with Crippen LogP contribution in [0.2, 0.25) is 0 Å². The molecule has 1 aromatic carbocycles. The third-order valence-electron chi connectivity index (χ3n) is 4.42. The van der Waals surface area contributed by atoms with Crippen LogP contribution in [0, 0.1) is 0 Å². The standard InChI is InChI=1S/C18H26N4O/c1-18(2,3)17-16(13-23)19-20-22(17)15-9-7-14(8-10-15)21-11-5-4-6-12-21/h7-10,23H,4-6,11-13H2,1-3H3. The largest absolute Gasteiger partial charge is 0.390 e. The number of aliphatic hydroxyl groups is 1. The number of aromatic nitrogens is 3. The number of hydrogen-bond acceptors (Lipinski definition) is 4. The number of hydrogen-bond donors (Lipinski definition) is 1. The molecular weight excluding hydrogens is 288 g/mol. The molecule has 2 heterocycles. The van der Waals surface area contributed by atoms with Crippen LogP contribution >= 0.6 is 0 Å². The summed E-state index contributed by atoms with van der Waals surface area (Å²) in [4.78, 5) is 2.44. The Morgan fingerprint density at radius 2 is 1.61 bits per heavy atom. The maximum Gasteiger partial charge on any atom is 0.112 e. The second kappa shape index (κ2) is 6.32. The van der Waals surface area contributed by atoms with Crippen LogP contribution in [0.15, 0.2) is 24.3 Å². The average Bonchev–Trinajstić information content (AvgIpc) is 3.00. The van der Waals surface area contributed by atoms with Crippen LogP contribution in [0.25, 0.3) is 5.69 Å². The van der Waals surface area contributed by atoms with Gasteiger partial charge in [-0.1, -0.05) is 26.0 Å². The Morgan fingerprint density at radius 3 is 2.17 bits per heavy atom. The van der Waals surface area contributed by atoms with Gasteiger partial charge in [-0.15, -0.1) is 5.10 Å². The van der Waals surface area contributed by atoms with E-state index in [1.807, 2.05) is 4.68 Å². The number of rotatable bonds is 3. The fraction of sp³-hybridized carbons (Fsp3) is 0.556. The third-order valence-corrected chi connectivity index (χ3v) is 4.42. The summed E-state index contributed by atoms with van der Waals surface area (Å²) < 4.78 is 1.85. The van der Waals surface area contributed by atoms with E-state index in [4.69, 9.17) is 0 Å². The van der Waals surface area contributed by atoms with E-state index in [2.05, 4.69) is 60.2 Å². The van der Waals surface area contributed by atoms with E-state index in [1.165, 1.54) is 24.9 Å². The monoisotopic (exact) mass is 314 g/mol. The number of anilines is 1. The van der Waals surface area contributed by atoms with Gasteiger partial charge >= 0.3 is 0 Å². The quantitative estimate of drug-likeness (QED) is 0.946. The van der Waals surface area contributed by atoms with Crippen molar-refractivity contribution >= 4 is 5.69 Å². The predicted molar refractivity (Wildman–Crippen MR) is 92.0 cm³/mol. The topological polar surface area (TPSA) is 54.2 Å². The molecule has 1 fully saturated rings. The summed E-state index contributed by atoms with van der Waals surface area (Å²) >= 11 is 0. The molecule has 124 valence electrons. The van der Waals surface area contributed by atoms with Crippen LogP contribution in [0.4, 0.5) is 5.69 Å². The lowest BCUT2D eigenvalue weighted by molar-refractivity contribution is 0.273. The molecule has 1 aliphatic rings. The minimum atomic E-state index is -0.132. The predicted octanol–water partition coefficient (Wildman–Crippen LogP) is 3.05. The summed E-state index contributed by atoms with van der Waals surface area (Å²) in [5, 5.41) is 17.9. The van der Waals surface area contributed by atoms with Crippen LogP contribution in [0.1, 0.15) is 51.4 Å². The molecule has 23 heavy (non-hydrogen) atoms. The maximum atomic E-state index is 9.53. The van der Waals surface area contributed by atoms with Crippen LogP contribution in [-0.4, -0.2) is 33.2 Å². The minimum absolute atomic E-state index is 0.0849. The Kier molecular flexibility index (Phi) is 4.39. The normalized spacial score (nSPS) is 15.9. The van der Waals surface area contributed by atoms with Gasteiger partial charge in [0.2, 0.25) is 0 Å². The van der Waals surface area contributed by atoms with Gasteiger partial charge < -0.3 is 10.0 Å². The third kappa shape index (κ3) is 3.24. The van der Waals surface area contributed by atoms with Crippen molar-refractivity contribution in [2.45, 2.75) is 52.1 Å². The van der Waals surface area contributed by atoms with Crippen LogP contribution in [0.5, 0.6) is 0 Å². The van der Waals surface area contributed by atoms with E-state index in [0.29, 0.717) is 5.69 Å². The molecule has 0 aliphatic carbocycles. The van der Waals surface area contributed by atoms with E-state index in [-0.39, 0.29) is 12.0 Å². The Balaban J connectivity index is 1.92. The maximum absolute atomic E-state index is 9.53. The van der Waals surface area contributed by atoms with Gasteiger partial charge in [-0.25, -0.2) is 4.68 Å². The molecule has 0 unspecified atom stereocenters. The molecule has 0 radical (unpaired) electrons. The molecule has 5 heteroatoms. The van der Waals surface area contributed by atoms with E-state index >= 15 is 0 Å². The highest BCUT2D eigenvalue weighted by molar-refractivity contribution is 5.51. The molecule has 0 amide bonds. The van der Waals surface area contributed by atoms with Gasteiger partial charge in [0.05, 0.1) is 18.0 Å². The van der Waals surface area contributed by atoms with Crippen molar-refractivity contribution in [1.29, 1.82) is 0 Å². The molecule has 0 bridgehead atoms. The average molecular weight is 314 g/mol. The molecule has 1 aromatic heterocycles. The summed E-state index contributed by atoms with van der Waals surface area (Å²) in [5.41, 5.74) is 3.74. The number of nitrogens with zero attached hydrogens (tertiary/aromatic N) is 4. The number of aliphatic hydroxyl groups excluding tert-OH is 1. The second-order valence-electron chi connectivity index (χ2n) is 7.27. The highest BCUT2D eigenvalue weighted by Crippen LogP contribution is 2.28. The molecular formula is C18H26N4O. The minimum Gasteiger partial charge on any atom is -0.390 e. The first-order valence-corrected chi connectivity index (χ1v) is 8.42. The van der Waals surface area contributed by atoms with Crippen LogP contribution in [-0.2, 0) is 12.0 Å². The zero-order valence-corrected chi connectivity index (χ0v) is 14.3. The molecule has 0 spiro atoms. The molecule has 0 saturated carbocycles. The highest BCUT2D eigenvalue weighted by atomic mass is 16.3. The van der Waals surface area contributed by atoms with Crippen molar-refractivity contribution < 1.29 is 5.11 Å². The first-order chi connectivity index (χ1) is 11.0. The number of piperidine rings is 1. The SMILES string of the molecule is CC(C)(C)c1c(CO)nnn1-c1ccc(N2CCCCC2)cc1. The van der Waals surface area contributed by atoms with E-state index in [9.17, 15) is 5.11 Å². The van der Waals surface area contributed by atoms with E-state index < -0.39 is 0 Å². The van der Waals surface area contributed by atoms with Gasteiger partial charge in [-0.3, -0.25) is 0 Å². The molecule has 0 atom stereocenters. The fourth-order valence-electron chi connectivity index (χ4n) is 3.31. The molecule has 3 rings (SSSR count). The van der Waals surface area contributed by atoms with Gasteiger partial charge in [0, 0.05) is 24.2 Å². The number of benzene rings is 1. The first-order valence-electron chi connectivity index (χ1n) is 8.42. The zero-order valence-electron chi connectivity index (χ0n) is 14.3. The molecule has 5 nitrogen and oxygen atoms in total. The lowest BCUT2D eigenvalue weighted by Crippen LogP contribution is -2.29. The Bertz CT molecular complexity index is 649. The van der Waals surface area contributed by atoms with Gasteiger partial charge in [0.15, 0.2) is 0 Å². The zero-order chi connectivity index (χ0) is 16.4. The van der Waals surface area contributed by atoms with Gasteiger partial charge in [-0.05, 0) is 43.5 Å². The summed E-state index contributed by atoms with van der Waals surface area (Å²) in [6.45, 7) is 8.55. The summed E-state index contributed by atoms with van der Waals surface area (Å²) in [6, 6.07) is 8.50. The smallest absolute Gasteiger partial charge is 0.112 e.